The van der Waals surface area contributed by atoms with Crippen molar-refractivity contribution in [3.63, 3.8) is 0 Å². The summed E-state index contributed by atoms with van der Waals surface area (Å²) in [7, 11) is -3.62. The minimum Gasteiger partial charge on any atom is -0.379 e. The van der Waals surface area contributed by atoms with E-state index in [1.807, 2.05) is 24.3 Å². The van der Waals surface area contributed by atoms with E-state index in [1.165, 1.54) is 16.4 Å². The highest BCUT2D eigenvalue weighted by molar-refractivity contribution is 7.89. The van der Waals surface area contributed by atoms with Crippen molar-refractivity contribution in [2.75, 3.05) is 38.2 Å². The van der Waals surface area contributed by atoms with Crippen LogP contribution in [0.15, 0.2) is 53.4 Å². The van der Waals surface area contributed by atoms with Crippen LogP contribution in [0.2, 0.25) is 5.02 Å². The summed E-state index contributed by atoms with van der Waals surface area (Å²) >= 11 is 5.97. The molecule has 0 spiro atoms. The van der Waals surface area contributed by atoms with Gasteiger partial charge in [-0.3, -0.25) is 4.79 Å². The van der Waals surface area contributed by atoms with Crippen LogP contribution >= 0.6 is 11.6 Å². The van der Waals surface area contributed by atoms with E-state index in [0.717, 1.165) is 5.56 Å². The maximum Gasteiger partial charge on any atom is 0.243 e. The molecule has 168 valence electrons. The van der Waals surface area contributed by atoms with Crippen LogP contribution in [-0.2, 0) is 19.6 Å². The normalized spacial score (nSPS) is 16.3. The number of sulfonamides is 1. The molecule has 1 atom stereocenters. The van der Waals surface area contributed by atoms with E-state index in [0.29, 0.717) is 37.0 Å². The molecule has 0 saturated carbocycles. The number of nitrogens with zero attached hydrogens (tertiary/aromatic N) is 1. The number of rotatable bonds is 8. The molecule has 1 amide bonds. The van der Waals surface area contributed by atoms with Crippen LogP contribution in [0, 0.1) is 5.92 Å². The van der Waals surface area contributed by atoms with Gasteiger partial charge >= 0.3 is 0 Å². The van der Waals surface area contributed by atoms with Gasteiger partial charge in [0.05, 0.1) is 24.7 Å². The summed E-state index contributed by atoms with van der Waals surface area (Å²) in [5, 5.41) is 6.72. The fourth-order valence-electron chi connectivity index (χ4n) is 3.49. The molecule has 1 saturated heterocycles. The number of nitrogens with one attached hydrogen (secondary N) is 2. The van der Waals surface area contributed by atoms with Gasteiger partial charge in [-0.05, 0) is 41.8 Å². The number of ether oxygens (including phenoxy) is 1. The number of carbonyl (C=O) groups excluding carboxylic acids is 1. The molecule has 0 bridgehead atoms. The number of halogens is 1. The predicted octanol–water partition coefficient (Wildman–Crippen LogP) is 3.29. The van der Waals surface area contributed by atoms with E-state index in [9.17, 15) is 13.2 Å². The van der Waals surface area contributed by atoms with Crippen LogP contribution in [0.4, 0.5) is 5.69 Å². The van der Waals surface area contributed by atoms with Gasteiger partial charge in [0.25, 0.3) is 0 Å². The fourth-order valence-corrected chi connectivity index (χ4v) is 5.07. The average molecular weight is 466 g/mol. The molecule has 9 heteroatoms. The van der Waals surface area contributed by atoms with Crippen molar-refractivity contribution in [1.82, 2.24) is 9.62 Å². The van der Waals surface area contributed by atoms with E-state index in [4.69, 9.17) is 16.3 Å². The predicted molar refractivity (Wildman–Crippen MR) is 122 cm³/mol. The Labute approximate surface area is 188 Å². The van der Waals surface area contributed by atoms with Crippen LogP contribution < -0.4 is 10.6 Å². The van der Waals surface area contributed by atoms with Gasteiger partial charge in [-0.1, -0.05) is 43.6 Å². The molecular formula is C22H28ClN3O4S. The lowest BCUT2D eigenvalue weighted by Crippen LogP contribution is -2.40. The first kappa shape index (κ1) is 23.7. The number of anilines is 1. The first-order valence-electron chi connectivity index (χ1n) is 10.2. The van der Waals surface area contributed by atoms with Crippen molar-refractivity contribution in [2.45, 2.75) is 24.8 Å². The number of benzene rings is 2. The molecule has 2 aromatic carbocycles. The fraction of sp³-hybridized carbons (Fsp3) is 0.409. The summed E-state index contributed by atoms with van der Waals surface area (Å²) in [4.78, 5) is 12.7. The number of hydrogen-bond donors (Lipinski definition) is 2. The molecule has 0 aliphatic carbocycles. The van der Waals surface area contributed by atoms with E-state index in [2.05, 4.69) is 24.5 Å². The van der Waals surface area contributed by atoms with Gasteiger partial charge in [0.2, 0.25) is 15.9 Å². The molecule has 3 rings (SSSR count). The number of hydrogen-bond acceptors (Lipinski definition) is 5. The maximum absolute atomic E-state index is 12.8. The number of carbonyl (C=O) groups is 1. The lowest BCUT2D eigenvalue weighted by Gasteiger charge is -2.26. The monoisotopic (exact) mass is 465 g/mol. The Balaban J connectivity index is 1.63. The molecule has 1 fully saturated rings. The Morgan fingerprint density at radius 3 is 2.45 bits per heavy atom. The average Bonchev–Trinajstić information content (AvgIpc) is 2.75. The summed E-state index contributed by atoms with van der Waals surface area (Å²) < 4.78 is 32.3. The van der Waals surface area contributed by atoms with Gasteiger partial charge < -0.3 is 15.4 Å². The first-order valence-corrected chi connectivity index (χ1v) is 12.1. The third-order valence-corrected chi connectivity index (χ3v) is 7.25. The largest absolute Gasteiger partial charge is 0.379 e. The Hall–Kier alpha value is -1.97. The van der Waals surface area contributed by atoms with E-state index < -0.39 is 10.0 Å². The SMILES string of the molecule is CC(C)C(NCC(=O)Nc1cccc(S(=O)(=O)N2CCOCC2)c1)c1ccc(Cl)cc1. The highest BCUT2D eigenvalue weighted by Gasteiger charge is 2.26. The zero-order valence-electron chi connectivity index (χ0n) is 17.7. The van der Waals surface area contributed by atoms with Crippen molar-refractivity contribution >= 4 is 33.2 Å². The summed E-state index contributed by atoms with van der Waals surface area (Å²) in [5.74, 6) is 0.0107. The quantitative estimate of drug-likeness (QED) is 0.624. The van der Waals surface area contributed by atoms with Gasteiger partial charge in [0, 0.05) is 29.8 Å². The zero-order chi connectivity index (χ0) is 22.4. The van der Waals surface area contributed by atoms with Crippen LogP contribution in [0.25, 0.3) is 0 Å². The summed E-state index contributed by atoms with van der Waals surface area (Å²) in [6.45, 7) is 5.65. The van der Waals surface area contributed by atoms with Gasteiger partial charge in [0.15, 0.2) is 0 Å². The van der Waals surface area contributed by atoms with Crippen LogP contribution in [0.3, 0.4) is 0 Å². The van der Waals surface area contributed by atoms with Crippen LogP contribution in [-0.4, -0.2) is 51.5 Å². The second-order valence-corrected chi connectivity index (χ2v) is 10.1. The van der Waals surface area contributed by atoms with Gasteiger partial charge in [-0.25, -0.2) is 8.42 Å². The van der Waals surface area contributed by atoms with Crippen molar-refractivity contribution in [3.8, 4) is 0 Å². The highest BCUT2D eigenvalue weighted by atomic mass is 35.5. The van der Waals surface area contributed by atoms with Gasteiger partial charge in [-0.15, -0.1) is 0 Å². The highest BCUT2D eigenvalue weighted by Crippen LogP contribution is 2.23. The smallest absolute Gasteiger partial charge is 0.243 e. The van der Waals surface area contributed by atoms with E-state index in [-0.39, 0.29) is 29.3 Å². The Kier molecular flexibility index (Phi) is 8.07. The van der Waals surface area contributed by atoms with Crippen molar-refractivity contribution in [3.05, 3.63) is 59.1 Å². The topological polar surface area (TPSA) is 87.7 Å². The minimum atomic E-state index is -3.62. The van der Waals surface area contributed by atoms with Crippen molar-refractivity contribution < 1.29 is 17.9 Å². The molecule has 1 unspecified atom stereocenters. The third kappa shape index (κ3) is 6.27. The second-order valence-electron chi connectivity index (χ2n) is 7.75. The molecule has 2 aromatic rings. The van der Waals surface area contributed by atoms with Crippen molar-refractivity contribution in [1.29, 1.82) is 0 Å². The maximum atomic E-state index is 12.8. The van der Waals surface area contributed by atoms with Crippen molar-refractivity contribution in [2.24, 2.45) is 5.92 Å². The minimum absolute atomic E-state index is 0.0175. The molecule has 31 heavy (non-hydrogen) atoms. The van der Waals surface area contributed by atoms with Gasteiger partial charge in [0.1, 0.15) is 0 Å². The Morgan fingerprint density at radius 2 is 1.81 bits per heavy atom. The Bertz CT molecular complexity index is 990. The molecule has 1 aliphatic heterocycles. The summed E-state index contributed by atoms with van der Waals surface area (Å²) in [6, 6.07) is 13.8. The second kappa shape index (κ2) is 10.6. The summed E-state index contributed by atoms with van der Waals surface area (Å²) in [6.07, 6.45) is 0. The molecule has 1 aliphatic rings. The van der Waals surface area contributed by atoms with E-state index >= 15 is 0 Å². The number of amides is 1. The zero-order valence-corrected chi connectivity index (χ0v) is 19.2. The lowest BCUT2D eigenvalue weighted by atomic mass is 9.96. The number of morpholine rings is 1. The van der Waals surface area contributed by atoms with Crippen LogP contribution in [0.1, 0.15) is 25.5 Å². The molecule has 0 radical (unpaired) electrons. The van der Waals surface area contributed by atoms with Crippen LogP contribution in [0.5, 0.6) is 0 Å². The molecule has 7 nitrogen and oxygen atoms in total. The molecular weight excluding hydrogens is 438 g/mol. The summed E-state index contributed by atoms with van der Waals surface area (Å²) in [5.41, 5.74) is 1.49. The Morgan fingerprint density at radius 1 is 1.13 bits per heavy atom. The molecule has 2 N–H and O–H groups in total. The van der Waals surface area contributed by atoms with E-state index in [1.54, 1.807) is 12.1 Å². The van der Waals surface area contributed by atoms with Gasteiger partial charge in [-0.2, -0.15) is 4.31 Å². The third-order valence-electron chi connectivity index (χ3n) is 5.10. The molecule has 1 heterocycles. The first-order chi connectivity index (χ1) is 14.8. The lowest BCUT2D eigenvalue weighted by molar-refractivity contribution is -0.115. The standard InChI is InChI=1S/C22H28ClN3O4S/c1-16(2)22(17-6-8-18(23)9-7-17)24-15-21(27)25-19-4-3-5-20(14-19)31(28,29)26-10-12-30-13-11-26/h3-9,14,16,22,24H,10-13,15H2,1-2H3,(H,25,27). The molecule has 0 aromatic heterocycles.